The van der Waals surface area contributed by atoms with Crippen molar-refractivity contribution >= 4 is 5.91 Å². The maximum Gasteiger partial charge on any atom is 0.233 e. The summed E-state index contributed by atoms with van der Waals surface area (Å²) >= 11 is 0. The molecule has 0 aromatic heterocycles. The monoisotopic (exact) mass is 284 g/mol. The van der Waals surface area contributed by atoms with Gasteiger partial charge in [-0.15, -0.1) is 0 Å². The molecule has 0 bridgehead atoms. The number of rotatable bonds is 7. The van der Waals surface area contributed by atoms with Gasteiger partial charge in [-0.1, -0.05) is 6.42 Å². The Morgan fingerprint density at radius 3 is 2.75 bits per heavy atom. The summed E-state index contributed by atoms with van der Waals surface area (Å²) in [7, 11) is 0. The Hall–Kier alpha value is -0.690. The topological polar surface area (TPSA) is 70.8 Å². The zero-order valence-electron chi connectivity index (χ0n) is 12.4. The quantitative estimate of drug-likeness (QED) is 0.297. The van der Waals surface area contributed by atoms with Crippen LogP contribution >= 0.6 is 0 Å². The van der Waals surface area contributed by atoms with Crippen LogP contribution in [0.2, 0.25) is 0 Å². The van der Waals surface area contributed by atoms with Crippen molar-refractivity contribution in [3.8, 4) is 0 Å². The number of amides is 1. The molecule has 6 nitrogen and oxygen atoms in total. The summed E-state index contributed by atoms with van der Waals surface area (Å²) in [6, 6.07) is 0.724. The third-order valence-electron chi connectivity index (χ3n) is 4.35. The molecule has 1 unspecified atom stereocenters. The molecule has 2 fully saturated rings. The first-order chi connectivity index (χ1) is 9.79. The molecular weight excluding hydrogens is 256 g/mol. The van der Waals surface area contributed by atoms with Gasteiger partial charge in [0, 0.05) is 32.1 Å². The standard InChI is InChI=1S/C14H28N4O2/c15-16-14(19)4-2-1-3-6-17-7-5-13(12-17)18-8-10-20-11-9-18/h13H,1-12,15H2,(H,16,19). The minimum absolute atomic E-state index is 0.0569. The molecule has 1 amide bonds. The second kappa shape index (κ2) is 8.56. The normalized spacial score (nSPS) is 24.9. The average Bonchev–Trinajstić information content (AvgIpc) is 2.96. The van der Waals surface area contributed by atoms with Gasteiger partial charge in [0.25, 0.3) is 0 Å². The van der Waals surface area contributed by atoms with Crippen molar-refractivity contribution in [2.45, 2.75) is 38.1 Å². The first-order valence-corrected chi connectivity index (χ1v) is 7.83. The van der Waals surface area contributed by atoms with Crippen molar-refractivity contribution in [2.75, 3.05) is 45.9 Å². The molecule has 2 saturated heterocycles. The Bertz CT molecular complexity index is 295. The van der Waals surface area contributed by atoms with Gasteiger partial charge < -0.3 is 9.64 Å². The molecular formula is C14H28N4O2. The zero-order chi connectivity index (χ0) is 14.2. The number of carbonyl (C=O) groups excluding carboxylic acids is 1. The molecule has 3 N–H and O–H groups in total. The van der Waals surface area contributed by atoms with Gasteiger partial charge in [-0.3, -0.25) is 15.1 Å². The number of morpholine rings is 1. The van der Waals surface area contributed by atoms with E-state index in [0.717, 1.165) is 51.7 Å². The molecule has 0 radical (unpaired) electrons. The van der Waals surface area contributed by atoms with E-state index in [-0.39, 0.29) is 5.91 Å². The highest BCUT2D eigenvalue weighted by molar-refractivity contribution is 5.74. The minimum atomic E-state index is -0.0569. The fourth-order valence-corrected chi connectivity index (χ4v) is 3.13. The number of nitrogens with two attached hydrogens (primary N) is 1. The number of ether oxygens (including phenoxy) is 1. The van der Waals surface area contributed by atoms with Crippen molar-refractivity contribution < 1.29 is 9.53 Å². The van der Waals surface area contributed by atoms with Gasteiger partial charge in [0.2, 0.25) is 5.91 Å². The Morgan fingerprint density at radius 1 is 1.20 bits per heavy atom. The SMILES string of the molecule is NNC(=O)CCCCCN1CCC(N2CCOCC2)C1. The lowest BCUT2D eigenvalue weighted by molar-refractivity contribution is -0.121. The molecule has 116 valence electrons. The van der Waals surface area contributed by atoms with Crippen LogP contribution in [0.5, 0.6) is 0 Å². The van der Waals surface area contributed by atoms with Crippen LogP contribution in [0.4, 0.5) is 0 Å². The smallest absolute Gasteiger partial charge is 0.233 e. The van der Waals surface area contributed by atoms with E-state index in [1.165, 1.54) is 25.9 Å². The lowest BCUT2D eigenvalue weighted by atomic mass is 10.2. The molecule has 0 spiro atoms. The number of carbonyl (C=O) groups is 1. The van der Waals surface area contributed by atoms with E-state index in [9.17, 15) is 4.79 Å². The summed E-state index contributed by atoms with van der Waals surface area (Å²) in [5, 5.41) is 0. The van der Waals surface area contributed by atoms with E-state index in [2.05, 4.69) is 15.2 Å². The molecule has 2 aliphatic rings. The van der Waals surface area contributed by atoms with E-state index >= 15 is 0 Å². The third-order valence-corrected chi connectivity index (χ3v) is 4.35. The third kappa shape index (κ3) is 5.01. The summed E-state index contributed by atoms with van der Waals surface area (Å²) in [6.45, 7) is 7.53. The van der Waals surface area contributed by atoms with E-state index in [4.69, 9.17) is 10.6 Å². The van der Waals surface area contributed by atoms with Gasteiger partial charge in [-0.05, 0) is 32.4 Å². The Balaban J connectivity index is 1.53. The van der Waals surface area contributed by atoms with Crippen molar-refractivity contribution in [3.63, 3.8) is 0 Å². The van der Waals surface area contributed by atoms with Crippen LogP contribution in [-0.2, 0) is 9.53 Å². The van der Waals surface area contributed by atoms with Crippen LogP contribution in [0.15, 0.2) is 0 Å². The summed E-state index contributed by atoms with van der Waals surface area (Å²) < 4.78 is 5.41. The first kappa shape index (κ1) is 15.7. The van der Waals surface area contributed by atoms with Crippen molar-refractivity contribution in [1.29, 1.82) is 0 Å². The number of hydrogen-bond acceptors (Lipinski definition) is 5. The Kier molecular flexibility index (Phi) is 6.72. The first-order valence-electron chi connectivity index (χ1n) is 7.83. The highest BCUT2D eigenvalue weighted by atomic mass is 16.5. The van der Waals surface area contributed by atoms with Gasteiger partial charge in [0.15, 0.2) is 0 Å². The number of hydrogen-bond donors (Lipinski definition) is 2. The molecule has 2 heterocycles. The van der Waals surface area contributed by atoms with Gasteiger partial charge in [0.05, 0.1) is 13.2 Å². The van der Waals surface area contributed by atoms with Crippen LogP contribution in [0, 0.1) is 0 Å². The summed E-state index contributed by atoms with van der Waals surface area (Å²) in [6.07, 6.45) is 5.05. The largest absolute Gasteiger partial charge is 0.379 e. The predicted molar refractivity (Wildman–Crippen MR) is 78.0 cm³/mol. The van der Waals surface area contributed by atoms with Crippen LogP contribution in [0.25, 0.3) is 0 Å². The van der Waals surface area contributed by atoms with Gasteiger partial charge >= 0.3 is 0 Å². The number of nitrogens with one attached hydrogen (secondary N) is 1. The Labute approximate surface area is 121 Å². The van der Waals surface area contributed by atoms with Crippen molar-refractivity contribution in [3.05, 3.63) is 0 Å². The summed E-state index contributed by atoms with van der Waals surface area (Å²) in [5.74, 6) is 4.99. The molecule has 0 aromatic carbocycles. The zero-order valence-corrected chi connectivity index (χ0v) is 12.4. The molecule has 20 heavy (non-hydrogen) atoms. The van der Waals surface area contributed by atoms with Gasteiger partial charge in [0.1, 0.15) is 0 Å². The maximum absolute atomic E-state index is 11.0. The predicted octanol–water partition coefficient (Wildman–Crippen LogP) is -0.0568. The van der Waals surface area contributed by atoms with Gasteiger partial charge in [-0.2, -0.15) is 0 Å². The maximum atomic E-state index is 11.0. The number of likely N-dealkylation sites (tertiary alicyclic amines) is 1. The van der Waals surface area contributed by atoms with E-state index in [1.807, 2.05) is 0 Å². The van der Waals surface area contributed by atoms with Crippen molar-refractivity contribution in [1.82, 2.24) is 15.2 Å². The molecule has 2 aliphatic heterocycles. The van der Waals surface area contributed by atoms with Crippen LogP contribution in [0.3, 0.4) is 0 Å². The fraction of sp³-hybridized carbons (Fsp3) is 0.929. The van der Waals surface area contributed by atoms with Crippen molar-refractivity contribution in [2.24, 2.45) is 5.84 Å². The number of unbranched alkanes of at least 4 members (excludes halogenated alkanes) is 2. The lowest BCUT2D eigenvalue weighted by Gasteiger charge is -2.32. The van der Waals surface area contributed by atoms with E-state index < -0.39 is 0 Å². The second-order valence-corrected chi connectivity index (χ2v) is 5.77. The molecule has 0 saturated carbocycles. The van der Waals surface area contributed by atoms with Crippen LogP contribution in [-0.4, -0.2) is 67.7 Å². The Morgan fingerprint density at radius 2 is 2.00 bits per heavy atom. The summed E-state index contributed by atoms with van der Waals surface area (Å²) in [4.78, 5) is 16.1. The fourth-order valence-electron chi connectivity index (χ4n) is 3.13. The summed E-state index contributed by atoms with van der Waals surface area (Å²) in [5.41, 5.74) is 2.17. The highest BCUT2D eigenvalue weighted by Gasteiger charge is 2.28. The van der Waals surface area contributed by atoms with Crippen LogP contribution < -0.4 is 11.3 Å². The molecule has 2 rings (SSSR count). The average molecular weight is 284 g/mol. The number of hydrazine groups is 1. The minimum Gasteiger partial charge on any atom is -0.379 e. The van der Waals surface area contributed by atoms with Gasteiger partial charge in [-0.25, -0.2) is 5.84 Å². The highest BCUT2D eigenvalue weighted by Crippen LogP contribution is 2.17. The molecule has 1 atom stereocenters. The number of nitrogens with zero attached hydrogens (tertiary/aromatic N) is 2. The van der Waals surface area contributed by atoms with Crippen LogP contribution in [0.1, 0.15) is 32.1 Å². The molecule has 0 aromatic rings. The van der Waals surface area contributed by atoms with E-state index in [0.29, 0.717) is 6.42 Å². The second-order valence-electron chi connectivity index (χ2n) is 5.77. The molecule has 6 heteroatoms. The van der Waals surface area contributed by atoms with E-state index in [1.54, 1.807) is 0 Å². The lowest BCUT2D eigenvalue weighted by Crippen LogP contribution is -2.44. The molecule has 0 aliphatic carbocycles.